The molecule has 2 aromatic carbocycles. The first kappa shape index (κ1) is 23.3. The predicted octanol–water partition coefficient (Wildman–Crippen LogP) is 3.68. The molecule has 0 atom stereocenters. The summed E-state index contributed by atoms with van der Waals surface area (Å²) >= 11 is 6.06. The van der Waals surface area contributed by atoms with Crippen LogP contribution in [0.1, 0.15) is 18.4 Å². The Morgan fingerprint density at radius 3 is 2.35 bits per heavy atom. The number of nitrogens with zero attached hydrogens (tertiary/aromatic N) is 3. The summed E-state index contributed by atoms with van der Waals surface area (Å²) in [6, 6.07) is 11.5. The van der Waals surface area contributed by atoms with Crippen LogP contribution in [0.15, 0.2) is 42.5 Å². The molecule has 0 N–H and O–H groups in total. The van der Waals surface area contributed by atoms with Crippen LogP contribution in [-0.4, -0.2) is 58.2 Å². The highest BCUT2D eigenvalue weighted by molar-refractivity contribution is 7.92. The molecule has 1 fully saturated rings. The SMILES string of the molecule is Cc1ccc(Cl)cc1N(CCCC(=O)N1CCN(c2ccc(F)cc2)CC1)S(C)(=O)=O. The molecule has 0 aliphatic carbocycles. The number of hydrogen-bond donors (Lipinski definition) is 0. The number of rotatable bonds is 7. The average Bonchev–Trinajstić information content (AvgIpc) is 2.73. The highest BCUT2D eigenvalue weighted by atomic mass is 35.5. The Balaban J connectivity index is 1.54. The molecule has 6 nitrogen and oxygen atoms in total. The number of benzene rings is 2. The Morgan fingerprint density at radius 1 is 1.10 bits per heavy atom. The maximum absolute atomic E-state index is 13.1. The van der Waals surface area contributed by atoms with E-state index < -0.39 is 10.0 Å². The van der Waals surface area contributed by atoms with Crippen molar-refractivity contribution in [1.82, 2.24) is 4.90 Å². The van der Waals surface area contributed by atoms with Crippen molar-refractivity contribution in [2.24, 2.45) is 0 Å². The molecule has 0 unspecified atom stereocenters. The molecule has 1 amide bonds. The van der Waals surface area contributed by atoms with Crippen molar-refractivity contribution in [1.29, 1.82) is 0 Å². The maximum Gasteiger partial charge on any atom is 0.232 e. The van der Waals surface area contributed by atoms with Gasteiger partial charge in [-0.05, 0) is 55.3 Å². The summed E-state index contributed by atoms with van der Waals surface area (Å²) < 4.78 is 39.1. The lowest BCUT2D eigenvalue weighted by molar-refractivity contribution is -0.131. The zero-order valence-corrected chi connectivity index (χ0v) is 19.3. The molecule has 168 valence electrons. The summed E-state index contributed by atoms with van der Waals surface area (Å²) in [6.07, 6.45) is 1.84. The zero-order valence-electron chi connectivity index (χ0n) is 17.7. The standard InChI is InChI=1S/C22H27ClFN3O3S/c1-17-5-6-18(23)16-21(17)27(31(2,29)30)11-3-4-22(28)26-14-12-25(13-15-26)20-9-7-19(24)8-10-20/h5-10,16H,3-4,11-15H2,1-2H3. The van der Waals surface area contributed by atoms with Crippen molar-refractivity contribution in [2.75, 3.05) is 48.2 Å². The van der Waals surface area contributed by atoms with Gasteiger partial charge in [0.2, 0.25) is 15.9 Å². The van der Waals surface area contributed by atoms with Crippen LogP contribution in [0.25, 0.3) is 0 Å². The minimum atomic E-state index is -3.50. The van der Waals surface area contributed by atoms with Crippen molar-refractivity contribution in [3.8, 4) is 0 Å². The third-order valence-corrected chi connectivity index (χ3v) is 6.83. The first-order valence-corrected chi connectivity index (χ1v) is 12.4. The molecule has 0 radical (unpaired) electrons. The van der Waals surface area contributed by atoms with E-state index in [9.17, 15) is 17.6 Å². The molecular formula is C22H27ClFN3O3S. The van der Waals surface area contributed by atoms with E-state index in [1.54, 1.807) is 35.2 Å². The second-order valence-corrected chi connectivity index (χ2v) is 10.1. The maximum atomic E-state index is 13.1. The summed E-state index contributed by atoms with van der Waals surface area (Å²) in [5.74, 6) is -0.260. The lowest BCUT2D eigenvalue weighted by Crippen LogP contribution is -2.48. The van der Waals surface area contributed by atoms with Gasteiger partial charge in [-0.25, -0.2) is 12.8 Å². The second kappa shape index (κ2) is 9.87. The molecule has 0 aromatic heterocycles. The van der Waals surface area contributed by atoms with Gasteiger partial charge < -0.3 is 9.80 Å². The van der Waals surface area contributed by atoms with E-state index in [-0.39, 0.29) is 24.7 Å². The lowest BCUT2D eigenvalue weighted by atomic mass is 10.2. The fourth-order valence-corrected chi connectivity index (χ4v) is 4.90. The Bertz CT molecular complexity index is 1020. The Hall–Kier alpha value is -2.32. The normalized spacial score (nSPS) is 14.6. The number of sulfonamides is 1. The first-order valence-electron chi connectivity index (χ1n) is 10.2. The Labute approximate surface area is 188 Å². The van der Waals surface area contributed by atoms with Gasteiger partial charge in [0.25, 0.3) is 0 Å². The molecular weight excluding hydrogens is 441 g/mol. The van der Waals surface area contributed by atoms with Crippen molar-refractivity contribution < 1.29 is 17.6 Å². The van der Waals surface area contributed by atoms with Crippen molar-refractivity contribution in [3.05, 3.63) is 58.9 Å². The fourth-order valence-electron chi connectivity index (χ4n) is 3.71. The van der Waals surface area contributed by atoms with Gasteiger partial charge >= 0.3 is 0 Å². The van der Waals surface area contributed by atoms with Gasteiger partial charge in [-0.1, -0.05) is 17.7 Å². The van der Waals surface area contributed by atoms with E-state index in [1.807, 2.05) is 6.92 Å². The van der Waals surface area contributed by atoms with Crippen LogP contribution in [-0.2, 0) is 14.8 Å². The smallest absolute Gasteiger partial charge is 0.232 e. The molecule has 0 spiro atoms. The summed E-state index contributed by atoms with van der Waals surface area (Å²) in [5, 5.41) is 0.462. The van der Waals surface area contributed by atoms with Crippen LogP contribution in [0, 0.1) is 12.7 Å². The van der Waals surface area contributed by atoms with Crippen LogP contribution in [0.4, 0.5) is 15.8 Å². The number of amides is 1. The predicted molar refractivity (Wildman–Crippen MR) is 123 cm³/mol. The number of piperazine rings is 1. The van der Waals surface area contributed by atoms with Gasteiger partial charge in [-0.3, -0.25) is 9.10 Å². The Morgan fingerprint density at radius 2 is 1.74 bits per heavy atom. The molecule has 3 rings (SSSR count). The second-order valence-electron chi connectivity index (χ2n) is 7.71. The summed E-state index contributed by atoms with van der Waals surface area (Å²) in [5.41, 5.74) is 2.28. The van der Waals surface area contributed by atoms with Gasteiger partial charge in [0, 0.05) is 49.9 Å². The van der Waals surface area contributed by atoms with Crippen molar-refractivity contribution in [3.63, 3.8) is 0 Å². The zero-order chi connectivity index (χ0) is 22.6. The van der Waals surface area contributed by atoms with E-state index in [2.05, 4.69) is 4.90 Å². The first-order chi connectivity index (χ1) is 14.6. The highest BCUT2D eigenvalue weighted by Gasteiger charge is 2.23. The molecule has 1 heterocycles. The molecule has 9 heteroatoms. The number of hydrogen-bond acceptors (Lipinski definition) is 4. The summed E-state index contributed by atoms with van der Waals surface area (Å²) in [7, 11) is -3.50. The molecule has 31 heavy (non-hydrogen) atoms. The van der Waals surface area contributed by atoms with E-state index in [0.717, 1.165) is 17.5 Å². The number of carbonyl (C=O) groups is 1. The minimum absolute atomic E-state index is 0.00928. The fraction of sp³-hybridized carbons (Fsp3) is 0.409. The third kappa shape index (κ3) is 6.11. The number of carbonyl (C=O) groups excluding carboxylic acids is 1. The number of anilines is 2. The largest absolute Gasteiger partial charge is 0.368 e. The van der Waals surface area contributed by atoms with Gasteiger partial charge in [0.15, 0.2) is 0 Å². The van der Waals surface area contributed by atoms with E-state index in [1.165, 1.54) is 16.4 Å². The van der Waals surface area contributed by atoms with Gasteiger partial charge in [0.05, 0.1) is 11.9 Å². The van der Waals surface area contributed by atoms with Crippen LogP contribution in [0.5, 0.6) is 0 Å². The van der Waals surface area contributed by atoms with E-state index in [4.69, 9.17) is 11.6 Å². The molecule has 1 saturated heterocycles. The number of aryl methyl sites for hydroxylation is 1. The van der Waals surface area contributed by atoms with Crippen LogP contribution >= 0.6 is 11.6 Å². The number of halogens is 2. The third-order valence-electron chi connectivity index (χ3n) is 5.42. The monoisotopic (exact) mass is 467 g/mol. The molecule has 0 saturated carbocycles. The molecule has 2 aromatic rings. The summed E-state index contributed by atoms with van der Waals surface area (Å²) in [6.45, 7) is 4.55. The van der Waals surface area contributed by atoms with Crippen molar-refractivity contribution in [2.45, 2.75) is 19.8 Å². The van der Waals surface area contributed by atoms with Crippen molar-refractivity contribution >= 4 is 38.9 Å². The molecule has 1 aliphatic heterocycles. The molecule has 1 aliphatic rings. The average molecular weight is 468 g/mol. The van der Waals surface area contributed by atoms with Gasteiger partial charge in [0.1, 0.15) is 5.82 Å². The Kier molecular flexibility index (Phi) is 7.43. The summed E-state index contributed by atoms with van der Waals surface area (Å²) in [4.78, 5) is 16.6. The highest BCUT2D eigenvalue weighted by Crippen LogP contribution is 2.27. The molecule has 0 bridgehead atoms. The quantitative estimate of drug-likeness (QED) is 0.623. The van der Waals surface area contributed by atoms with E-state index in [0.29, 0.717) is 43.3 Å². The van der Waals surface area contributed by atoms with Gasteiger partial charge in [-0.2, -0.15) is 0 Å². The van der Waals surface area contributed by atoms with Crippen LogP contribution in [0.2, 0.25) is 5.02 Å². The van der Waals surface area contributed by atoms with Gasteiger partial charge in [-0.15, -0.1) is 0 Å². The lowest BCUT2D eigenvalue weighted by Gasteiger charge is -2.36. The van der Waals surface area contributed by atoms with Crippen LogP contribution < -0.4 is 9.21 Å². The van der Waals surface area contributed by atoms with Crippen LogP contribution in [0.3, 0.4) is 0 Å². The topological polar surface area (TPSA) is 60.9 Å². The minimum Gasteiger partial charge on any atom is -0.368 e. The van der Waals surface area contributed by atoms with E-state index >= 15 is 0 Å².